The third-order valence-corrected chi connectivity index (χ3v) is 2.25. The quantitative estimate of drug-likeness (QED) is 0.861. The van der Waals surface area contributed by atoms with Crippen molar-refractivity contribution in [2.24, 2.45) is 0 Å². The Labute approximate surface area is 108 Å². The molecule has 0 spiro atoms. The molecular weight excluding hydrogens is 230 g/mol. The summed E-state index contributed by atoms with van der Waals surface area (Å²) in [5, 5.41) is 12.2. The molecule has 1 amide bonds. The Morgan fingerprint density at radius 2 is 1.89 bits per heavy atom. The molecule has 4 nitrogen and oxygen atoms in total. The smallest absolute Gasteiger partial charge is 0.258 e. The Morgan fingerprint density at radius 1 is 1.33 bits per heavy atom. The number of amides is 1. The van der Waals surface area contributed by atoms with Gasteiger partial charge in [-0.2, -0.15) is 0 Å². The van der Waals surface area contributed by atoms with Gasteiger partial charge in [0.1, 0.15) is 5.75 Å². The lowest BCUT2D eigenvalue weighted by Crippen LogP contribution is -2.43. The standard InChI is InChI=1S/C14H21NO3/c1-10(16)11-5-7-12(8-6-11)18-9-13(17)15-14(2,3)4/h5-8,10,16H,9H2,1-4H3,(H,15,17). The molecule has 1 unspecified atom stereocenters. The highest BCUT2D eigenvalue weighted by Crippen LogP contribution is 2.17. The first-order valence-corrected chi connectivity index (χ1v) is 6.00. The zero-order valence-corrected chi connectivity index (χ0v) is 11.4. The van der Waals surface area contributed by atoms with Crippen LogP contribution in [0.5, 0.6) is 5.75 Å². The van der Waals surface area contributed by atoms with Crippen molar-refractivity contribution in [1.29, 1.82) is 0 Å². The maximum atomic E-state index is 11.5. The summed E-state index contributed by atoms with van der Waals surface area (Å²) in [6.07, 6.45) is -0.497. The molecule has 0 aliphatic carbocycles. The molecule has 0 aliphatic heterocycles. The highest BCUT2D eigenvalue weighted by molar-refractivity contribution is 5.78. The van der Waals surface area contributed by atoms with Gasteiger partial charge >= 0.3 is 0 Å². The van der Waals surface area contributed by atoms with E-state index in [4.69, 9.17) is 4.74 Å². The molecule has 4 heteroatoms. The molecule has 1 rings (SSSR count). The summed E-state index contributed by atoms with van der Waals surface area (Å²) in [6.45, 7) is 7.45. The van der Waals surface area contributed by atoms with Crippen LogP contribution in [-0.2, 0) is 4.79 Å². The predicted octanol–water partition coefficient (Wildman–Crippen LogP) is 2.03. The third kappa shape index (κ3) is 5.19. The van der Waals surface area contributed by atoms with Crippen LogP contribution in [0.15, 0.2) is 24.3 Å². The molecule has 100 valence electrons. The van der Waals surface area contributed by atoms with Gasteiger partial charge in [0.2, 0.25) is 0 Å². The fraction of sp³-hybridized carbons (Fsp3) is 0.500. The van der Waals surface area contributed by atoms with Crippen LogP contribution in [0.1, 0.15) is 39.4 Å². The molecule has 1 aromatic rings. The van der Waals surface area contributed by atoms with Crippen molar-refractivity contribution < 1.29 is 14.6 Å². The van der Waals surface area contributed by atoms with Gasteiger partial charge < -0.3 is 15.2 Å². The molecule has 0 saturated carbocycles. The Morgan fingerprint density at radius 3 is 2.33 bits per heavy atom. The number of rotatable bonds is 4. The minimum absolute atomic E-state index is 0.00864. The van der Waals surface area contributed by atoms with Crippen molar-refractivity contribution >= 4 is 5.91 Å². The van der Waals surface area contributed by atoms with Crippen molar-refractivity contribution in [3.8, 4) is 5.75 Å². The molecule has 0 radical (unpaired) electrons. The van der Waals surface area contributed by atoms with Crippen LogP contribution in [0.25, 0.3) is 0 Å². The summed E-state index contributed by atoms with van der Waals surface area (Å²) in [4.78, 5) is 11.5. The normalized spacial score (nSPS) is 12.9. The molecular formula is C14H21NO3. The largest absolute Gasteiger partial charge is 0.484 e. The average Bonchev–Trinajstić information content (AvgIpc) is 2.24. The minimum Gasteiger partial charge on any atom is -0.484 e. The van der Waals surface area contributed by atoms with E-state index >= 15 is 0 Å². The van der Waals surface area contributed by atoms with E-state index in [1.807, 2.05) is 20.8 Å². The molecule has 0 fully saturated rings. The molecule has 2 N–H and O–H groups in total. The zero-order chi connectivity index (χ0) is 13.8. The highest BCUT2D eigenvalue weighted by atomic mass is 16.5. The van der Waals surface area contributed by atoms with E-state index in [1.54, 1.807) is 31.2 Å². The van der Waals surface area contributed by atoms with Crippen LogP contribution in [0.3, 0.4) is 0 Å². The average molecular weight is 251 g/mol. The summed E-state index contributed by atoms with van der Waals surface area (Å²) in [7, 11) is 0. The van der Waals surface area contributed by atoms with Crippen molar-refractivity contribution in [2.45, 2.75) is 39.3 Å². The fourth-order valence-electron chi connectivity index (χ4n) is 1.45. The lowest BCUT2D eigenvalue weighted by atomic mass is 10.1. The van der Waals surface area contributed by atoms with Gasteiger partial charge in [0.15, 0.2) is 6.61 Å². The molecule has 18 heavy (non-hydrogen) atoms. The number of nitrogens with one attached hydrogen (secondary N) is 1. The first-order chi connectivity index (χ1) is 8.28. The van der Waals surface area contributed by atoms with E-state index in [0.29, 0.717) is 5.75 Å². The summed E-state index contributed by atoms with van der Waals surface area (Å²) in [5.74, 6) is 0.463. The lowest BCUT2D eigenvalue weighted by molar-refractivity contribution is -0.124. The molecule has 0 aliphatic rings. The van der Waals surface area contributed by atoms with Crippen molar-refractivity contribution in [2.75, 3.05) is 6.61 Å². The van der Waals surface area contributed by atoms with Crippen molar-refractivity contribution in [3.63, 3.8) is 0 Å². The Bertz CT molecular complexity index is 390. The van der Waals surface area contributed by atoms with Gasteiger partial charge in [-0.1, -0.05) is 12.1 Å². The van der Waals surface area contributed by atoms with Crippen LogP contribution in [0, 0.1) is 0 Å². The number of hydrogen-bond donors (Lipinski definition) is 2. The van der Waals surface area contributed by atoms with E-state index in [0.717, 1.165) is 5.56 Å². The van der Waals surface area contributed by atoms with Gasteiger partial charge in [-0.15, -0.1) is 0 Å². The maximum Gasteiger partial charge on any atom is 0.258 e. The van der Waals surface area contributed by atoms with E-state index in [9.17, 15) is 9.90 Å². The van der Waals surface area contributed by atoms with Gasteiger partial charge in [0.05, 0.1) is 6.10 Å². The predicted molar refractivity (Wildman–Crippen MR) is 70.5 cm³/mol. The van der Waals surface area contributed by atoms with Gasteiger partial charge in [-0.25, -0.2) is 0 Å². The number of hydrogen-bond acceptors (Lipinski definition) is 3. The summed E-state index contributed by atoms with van der Waals surface area (Å²) >= 11 is 0. The van der Waals surface area contributed by atoms with Crippen LogP contribution in [0.2, 0.25) is 0 Å². The second-order valence-corrected chi connectivity index (χ2v) is 5.33. The van der Waals surface area contributed by atoms with Gasteiger partial charge in [0.25, 0.3) is 5.91 Å². The number of carbonyl (C=O) groups is 1. The zero-order valence-electron chi connectivity index (χ0n) is 11.4. The van der Waals surface area contributed by atoms with E-state index in [-0.39, 0.29) is 18.1 Å². The highest BCUT2D eigenvalue weighted by Gasteiger charge is 2.13. The Hall–Kier alpha value is -1.55. The maximum absolute atomic E-state index is 11.5. The summed E-state index contributed by atoms with van der Waals surface area (Å²) < 4.78 is 5.35. The van der Waals surface area contributed by atoms with E-state index in [2.05, 4.69) is 5.32 Å². The Balaban J connectivity index is 2.46. The SMILES string of the molecule is CC(O)c1ccc(OCC(=O)NC(C)(C)C)cc1. The first-order valence-electron chi connectivity index (χ1n) is 6.00. The second-order valence-electron chi connectivity index (χ2n) is 5.33. The van der Waals surface area contributed by atoms with Crippen LogP contribution >= 0.6 is 0 Å². The number of carbonyl (C=O) groups excluding carboxylic acids is 1. The van der Waals surface area contributed by atoms with Crippen LogP contribution in [0.4, 0.5) is 0 Å². The summed E-state index contributed by atoms with van der Waals surface area (Å²) in [6, 6.07) is 7.04. The third-order valence-electron chi connectivity index (χ3n) is 2.25. The van der Waals surface area contributed by atoms with Crippen molar-refractivity contribution in [1.82, 2.24) is 5.32 Å². The van der Waals surface area contributed by atoms with E-state index in [1.165, 1.54) is 0 Å². The number of aliphatic hydroxyl groups excluding tert-OH is 1. The lowest BCUT2D eigenvalue weighted by Gasteiger charge is -2.20. The monoisotopic (exact) mass is 251 g/mol. The van der Waals surface area contributed by atoms with Crippen LogP contribution < -0.4 is 10.1 Å². The van der Waals surface area contributed by atoms with Crippen LogP contribution in [-0.4, -0.2) is 23.2 Å². The fourth-order valence-corrected chi connectivity index (χ4v) is 1.45. The molecule has 1 atom stereocenters. The molecule has 0 saturated heterocycles. The second kappa shape index (κ2) is 5.87. The van der Waals surface area contributed by atoms with Gasteiger partial charge in [-0.3, -0.25) is 4.79 Å². The number of benzene rings is 1. The molecule has 0 bridgehead atoms. The molecule has 1 aromatic carbocycles. The minimum atomic E-state index is -0.497. The number of ether oxygens (including phenoxy) is 1. The van der Waals surface area contributed by atoms with Gasteiger partial charge in [-0.05, 0) is 45.4 Å². The molecule has 0 heterocycles. The topological polar surface area (TPSA) is 58.6 Å². The van der Waals surface area contributed by atoms with Gasteiger partial charge in [0, 0.05) is 5.54 Å². The first kappa shape index (κ1) is 14.5. The van der Waals surface area contributed by atoms with Crippen molar-refractivity contribution in [3.05, 3.63) is 29.8 Å². The molecule has 0 aromatic heterocycles. The summed E-state index contributed by atoms with van der Waals surface area (Å²) in [5.41, 5.74) is 0.567. The number of aliphatic hydroxyl groups is 1. The Kier molecular flexibility index (Phi) is 4.73. The van der Waals surface area contributed by atoms with E-state index < -0.39 is 6.10 Å².